The molecule has 20 heavy (non-hydrogen) atoms. The Kier molecular flexibility index (Phi) is 8.79. The normalized spacial score (nSPS) is 18.6. The molecule has 1 aliphatic rings. The molecule has 2 heteroatoms. The van der Waals surface area contributed by atoms with Crippen LogP contribution < -0.4 is 5.32 Å². The molecule has 0 aromatic heterocycles. The van der Waals surface area contributed by atoms with Gasteiger partial charge in [-0.1, -0.05) is 40.5 Å². The summed E-state index contributed by atoms with van der Waals surface area (Å²) in [5, 5.41) is 3.60. The number of nitrogens with one attached hydrogen (secondary N) is 1. The molecule has 0 aromatic rings. The Hall–Kier alpha value is -0.0800. The van der Waals surface area contributed by atoms with Gasteiger partial charge in [0.25, 0.3) is 0 Å². The van der Waals surface area contributed by atoms with Crippen molar-refractivity contribution in [2.24, 2.45) is 11.8 Å². The Morgan fingerprint density at radius 3 is 2.15 bits per heavy atom. The SMILES string of the molecule is CC(C)CCN(C(C)CCNCC(C)C)C1CCCC1. The molecule has 0 spiro atoms. The van der Waals surface area contributed by atoms with E-state index in [1.807, 2.05) is 0 Å². The van der Waals surface area contributed by atoms with Crippen LogP contribution in [0.2, 0.25) is 0 Å². The minimum atomic E-state index is 0.733. The number of hydrogen-bond donors (Lipinski definition) is 1. The van der Waals surface area contributed by atoms with E-state index >= 15 is 0 Å². The minimum Gasteiger partial charge on any atom is -0.316 e. The zero-order valence-electron chi connectivity index (χ0n) is 14.6. The minimum absolute atomic E-state index is 0.733. The van der Waals surface area contributed by atoms with Crippen LogP contribution in [0.3, 0.4) is 0 Å². The third-order valence-electron chi connectivity index (χ3n) is 4.62. The van der Waals surface area contributed by atoms with Gasteiger partial charge >= 0.3 is 0 Å². The van der Waals surface area contributed by atoms with Gasteiger partial charge in [-0.2, -0.15) is 0 Å². The van der Waals surface area contributed by atoms with Crippen LogP contribution in [0.15, 0.2) is 0 Å². The predicted molar refractivity (Wildman–Crippen MR) is 90.2 cm³/mol. The molecule has 0 bridgehead atoms. The van der Waals surface area contributed by atoms with Crippen molar-refractivity contribution in [3.63, 3.8) is 0 Å². The highest BCUT2D eigenvalue weighted by atomic mass is 15.2. The fourth-order valence-corrected chi connectivity index (χ4v) is 3.27. The molecule has 1 aliphatic carbocycles. The maximum absolute atomic E-state index is 3.60. The summed E-state index contributed by atoms with van der Waals surface area (Å²) in [5.41, 5.74) is 0. The fraction of sp³-hybridized carbons (Fsp3) is 1.00. The van der Waals surface area contributed by atoms with E-state index in [0.29, 0.717) is 0 Å². The molecule has 0 radical (unpaired) electrons. The van der Waals surface area contributed by atoms with Crippen molar-refractivity contribution in [1.29, 1.82) is 0 Å². The second-order valence-electron chi connectivity index (χ2n) is 7.59. The molecule has 120 valence electrons. The summed E-state index contributed by atoms with van der Waals surface area (Å²) < 4.78 is 0. The third kappa shape index (κ3) is 7.08. The quantitative estimate of drug-likeness (QED) is 0.601. The molecular formula is C18H38N2. The van der Waals surface area contributed by atoms with Crippen LogP contribution in [0.5, 0.6) is 0 Å². The highest BCUT2D eigenvalue weighted by Gasteiger charge is 2.25. The van der Waals surface area contributed by atoms with Crippen LogP contribution in [0.1, 0.15) is 73.1 Å². The molecule has 2 nitrogen and oxygen atoms in total. The van der Waals surface area contributed by atoms with E-state index in [2.05, 4.69) is 44.8 Å². The summed E-state index contributed by atoms with van der Waals surface area (Å²) >= 11 is 0. The smallest absolute Gasteiger partial charge is 0.00980 e. The first-order valence-electron chi connectivity index (χ1n) is 8.97. The zero-order chi connectivity index (χ0) is 15.0. The molecule has 0 heterocycles. The van der Waals surface area contributed by atoms with E-state index in [9.17, 15) is 0 Å². The lowest BCUT2D eigenvalue weighted by Gasteiger charge is -2.35. The highest BCUT2D eigenvalue weighted by molar-refractivity contribution is 4.81. The van der Waals surface area contributed by atoms with Gasteiger partial charge in [-0.25, -0.2) is 0 Å². The van der Waals surface area contributed by atoms with Gasteiger partial charge in [-0.05, 0) is 64.1 Å². The topological polar surface area (TPSA) is 15.3 Å². The van der Waals surface area contributed by atoms with Gasteiger partial charge in [0.15, 0.2) is 0 Å². The van der Waals surface area contributed by atoms with Crippen molar-refractivity contribution < 1.29 is 0 Å². The van der Waals surface area contributed by atoms with Crippen molar-refractivity contribution in [3.8, 4) is 0 Å². The summed E-state index contributed by atoms with van der Waals surface area (Å²) in [7, 11) is 0. The summed E-state index contributed by atoms with van der Waals surface area (Å²) in [6.45, 7) is 15.3. The van der Waals surface area contributed by atoms with Crippen molar-refractivity contribution >= 4 is 0 Å². The first-order valence-corrected chi connectivity index (χ1v) is 8.97. The molecule has 0 aromatic carbocycles. The summed E-state index contributed by atoms with van der Waals surface area (Å²) in [4.78, 5) is 2.82. The zero-order valence-corrected chi connectivity index (χ0v) is 14.6. The van der Waals surface area contributed by atoms with E-state index < -0.39 is 0 Å². The molecular weight excluding hydrogens is 244 g/mol. The standard InChI is InChI=1S/C18H38N2/c1-15(2)11-13-20(18-8-6-7-9-18)17(5)10-12-19-14-16(3)4/h15-19H,6-14H2,1-5H3. The molecule has 0 amide bonds. The molecule has 1 fully saturated rings. The van der Waals surface area contributed by atoms with E-state index in [1.165, 1.54) is 51.6 Å². The lowest BCUT2D eigenvalue weighted by atomic mass is 10.1. The number of nitrogens with zero attached hydrogens (tertiary/aromatic N) is 1. The largest absolute Gasteiger partial charge is 0.316 e. The Bertz CT molecular complexity index is 232. The first kappa shape index (κ1) is 18.0. The summed E-state index contributed by atoms with van der Waals surface area (Å²) in [6, 6.07) is 1.60. The van der Waals surface area contributed by atoms with Gasteiger partial charge < -0.3 is 5.32 Å². The van der Waals surface area contributed by atoms with Crippen LogP contribution in [0, 0.1) is 11.8 Å². The fourth-order valence-electron chi connectivity index (χ4n) is 3.27. The van der Waals surface area contributed by atoms with Gasteiger partial charge in [0, 0.05) is 12.1 Å². The average molecular weight is 283 g/mol. The van der Waals surface area contributed by atoms with E-state index in [0.717, 1.165) is 30.5 Å². The van der Waals surface area contributed by atoms with E-state index in [4.69, 9.17) is 0 Å². The molecule has 0 aliphatic heterocycles. The molecule has 1 atom stereocenters. The van der Waals surface area contributed by atoms with Gasteiger partial charge in [0.1, 0.15) is 0 Å². The van der Waals surface area contributed by atoms with Gasteiger partial charge in [0.2, 0.25) is 0 Å². The summed E-state index contributed by atoms with van der Waals surface area (Å²) in [5.74, 6) is 1.59. The van der Waals surface area contributed by atoms with Crippen LogP contribution in [-0.2, 0) is 0 Å². The van der Waals surface area contributed by atoms with Crippen LogP contribution in [0.4, 0.5) is 0 Å². The molecule has 1 N–H and O–H groups in total. The van der Waals surface area contributed by atoms with Crippen molar-refractivity contribution in [1.82, 2.24) is 10.2 Å². The number of rotatable bonds is 10. The van der Waals surface area contributed by atoms with E-state index in [-0.39, 0.29) is 0 Å². The van der Waals surface area contributed by atoms with Crippen molar-refractivity contribution in [3.05, 3.63) is 0 Å². The first-order chi connectivity index (χ1) is 9.50. The Morgan fingerprint density at radius 2 is 1.60 bits per heavy atom. The lowest BCUT2D eigenvalue weighted by Crippen LogP contribution is -2.42. The van der Waals surface area contributed by atoms with E-state index in [1.54, 1.807) is 0 Å². The molecule has 1 rings (SSSR count). The Morgan fingerprint density at radius 1 is 0.950 bits per heavy atom. The Balaban J connectivity index is 2.35. The molecule has 1 unspecified atom stereocenters. The lowest BCUT2D eigenvalue weighted by molar-refractivity contribution is 0.130. The predicted octanol–water partition coefficient (Wildman–Crippen LogP) is 4.30. The Labute approximate surface area is 127 Å². The van der Waals surface area contributed by atoms with Crippen LogP contribution >= 0.6 is 0 Å². The van der Waals surface area contributed by atoms with Crippen molar-refractivity contribution in [2.45, 2.75) is 85.2 Å². The monoisotopic (exact) mass is 282 g/mol. The maximum atomic E-state index is 3.60. The average Bonchev–Trinajstić information content (AvgIpc) is 2.88. The summed E-state index contributed by atoms with van der Waals surface area (Å²) in [6.07, 6.45) is 8.40. The van der Waals surface area contributed by atoms with Crippen LogP contribution in [0.25, 0.3) is 0 Å². The van der Waals surface area contributed by atoms with Crippen molar-refractivity contribution in [2.75, 3.05) is 19.6 Å². The van der Waals surface area contributed by atoms with Gasteiger partial charge in [0.05, 0.1) is 0 Å². The second-order valence-corrected chi connectivity index (χ2v) is 7.59. The number of hydrogen-bond acceptors (Lipinski definition) is 2. The second kappa shape index (κ2) is 9.78. The highest BCUT2D eigenvalue weighted by Crippen LogP contribution is 2.26. The van der Waals surface area contributed by atoms with Crippen LogP contribution in [-0.4, -0.2) is 36.6 Å². The molecule has 1 saturated carbocycles. The van der Waals surface area contributed by atoms with Gasteiger partial charge in [-0.15, -0.1) is 0 Å². The maximum Gasteiger partial charge on any atom is 0.00980 e. The van der Waals surface area contributed by atoms with Gasteiger partial charge in [-0.3, -0.25) is 4.90 Å². The molecule has 0 saturated heterocycles. The third-order valence-corrected chi connectivity index (χ3v) is 4.62.